The Morgan fingerprint density at radius 2 is 1.89 bits per heavy atom. The first kappa shape index (κ1) is 23.1. The van der Waals surface area contributed by atoms with Crippen LogP contribution in [0.4, 0.5) is 5.82 Å². The average molecular weight is 476 g/mol. The molecule has 0 saturated heterocycles. The smallest absolute Gasteiger partial charge is 0.337 e. The summed E-state index contributed by atoms with van der Waals surface area (Å²) < 4.78 is 16.1. The summed E-state index contributed by atoms with van der Waals surface area (Å²) in [7, 11) is 1.30. The van der Waals surface area contributed by atoms with Crippen molar-refractivity contribution in [1.82, 2.24) is 30.7 Å². The van der Waals surface area contributed by atoms with Crippen molar-refractivity contribution in [2.45, 2.75) is 6.92 Å². The van der Waals surface area contributed by atoms with Crippen molar-refractivity contribution in [1.29, 1.82) is 0 Å². The largest absolute Gasteiger partial charge is 0.494 e. The molecule has 0 spiro atoms. The van der Waals surface area contributed by atoms with Gasteiger partial charge in [-0.2, -0.15) is 9.78 Å². The van der Waals surface area contributed by atoms with Gasteiger partial charge < -0.3 is 15.2 Å². The highest BCUT2D eigenvalue weighted by Gasteiger charge is 2.25. The number of aromatic nitrogens is 5. The Balaban J connectivity index is 1.60. The van der Waals surface area contributed by atoms with Crippen LogP contribution in [0.5, 0.6) is 5.75 Å². The van der Waals surface area contributed by atoms with Crippen LogP contribution in [0.3, 0.4) is 0 Å². The Bertz CT molecular complexity index is 1360. The number of nitrogens with two attached hydrogens (primary N) is 1. The first-order valence-electron chi connectivity index (χ1n) is 10.3. The lowest BCUT2D eigenvalue weighted by Gasteiger charge is -2.07. The van der Waals surface area contributed by atoms with Gasteiger partial charge in [-0.25, -0.2) is 14.8 Å². The maximum absolute atomic E-state index is 12.9. The first-order chi connectivity index (χ1) is 17.0. The molecule has 1 amide bonds. The van der Waals surface area contributed by atoms with E-state index in [0.717, 1.165) is 0 Å². The standard InChI is InChI=1S/C22H20N8O5/c1-3-34-16-10-8-14(9-11-16)18-17(25-29-30(18)20-19(23)27-35-28-20)21(31)26-24-12-13-4-6-15(7-5-13)22(32)33-2/h4-12H,3H2,1-2H3,(H2,23,27)(H,26,31)/b24-12+. The predicted octanol–water partition coefficient (Wildman–Crippen LogP) is 1.85. The number of nitrogen functional groups attached to an aromatic ring is 1. The molecule has 13 nitrogen and oxygen atoms in total. The molecule has 0 aliphatic heterocycles. The highest BCUT2D eigenvalue weighted by Crippen LogP contribution is 2.28. The molecule has 178 valence electrons. The van der Waals surface area contributed by atoms with Crippen molar-refractivity contribution in [2.75, 3.05) is 19.5 Å². The zero-order valence-electron chi connectivity index (χ0n) is 18.7. The minimum Gasteiger partial charge on any atom is -0.494 e. The van der Waals surface area contributed by atoms with Crippen molar-refractivity contribution >= 4 is 23.9 Å². The molecular formula is C22H20N8O5. The number of carbonyl (C=O) groups excluding carboxylic acids is 2. The highest BCUT2D eigenvalue weighted by molar-refractivity contribution is 5.99. The van der Waals surface area contributed by atoms with Crippen LogP contribution in [-0.4, -0.2) is 57.1 Å². The van der Waals surface area contributed by atoms with E-state index in [-0.39, 0.29) is 17.3 Å². The van der Waals surface area contributed by atoms with E-state index in [0.29, 0.717) is 34.7 Å². The van der Waals surface area contributed by atoms with Crippen LogP contribution < -0.4 is 15.9 Å². The molecular weight excluding hydrogens is 456 g/mol. The van der Waals surface area contributed by atoms with Crippen molar-refractivity contribution in [2.24, 2.45) is 5.10 Å². The summed E-state index contributed by atoms with van der Waals surface area (Å²) in [5, 5.41) is 19.3. The molecule has 3 N–H and O–H groups in total. The number of rotatable bonds is 8. The van der Waals surface area contributed by atoms with E-state index in [2.05, 4.69) is 40.5 Å². The molecule has 2 heterocycles. The van der Waals surface area contributed by atoms with Crippen LogP contribution in [0.2, 0.25) is 0 Å². The maximum atomic E-state index is 12.9. The molecule has 0 unspecified atom stereocenters. The lowest BCUT2D eigenvalue weighted by Crippen LogP contribution is -2.19. The molecule has 35 heavy (non-hydrogen) atoms. The number of ether oxygens (including phenoxy) is 2. The van der Waals surface area contributed by atoms with Crippen LogP contribution in [0, 0.1) is 0 Å². The van der Waals surface area contributed by atoms with Gasteiger partial charge in [0.1, 0.15) is 11.4 Å². The zero-order chi connectivity index (χ0) is 24.8. The third kappa shape index (κ3) is 4.98. The van der Waals surface area contributed by atoms with E-state index in [1.54, 1.807) is 48.5 Å². The van der Waals surface area contributed by atoms with Gasteiger partial charge in [-0.1, -0.05) is 17.3 Å². The average Bonchev–Trinajstić information content (AvgIpc) is 3.50. The number of nitrogens with one attached hydrogen (secondary N) is 1. The van der Waals surface area contributed by atoms with Crippen LogP contribution >= 0.6 is 0 Å². The number of carbonyl (C=O) groups is 2. The molecule has 2 aromatic carbocycles. The molecule has 4 aromatic rings. The van der Waals surface area contributed by atoms with Gasteiger partial charge in [0.05, 0.1) is 25.5 Å². The summed E-state index contributed by atoms with van der Waals surface area (Å²) >= 11 is 0. The summed E-state index contributed by atoms with van der Waals surface area (Å²) in [6.07, 6.45) is 1.42. The Morgan fingerprint density at radius 3 is 2.51 bits per heavy atom. The molecule has 0 bridgehead atoms. The molecule has 0 fully saturated rings. The van der Waals surface area contributed by atoms with Crippen molar-refractivity contribution in [3.05, 3.63) is 65.4 Å². The fraction of sp³-hybridized carbons (Fsp3) is 0.136. The second-order valence-corrected chi connectivity index (χ2v) is 6.94. The Kier molecular flexibility index (Phi) is 6.76. The Labute approximate surface area is 198 Å². The number of methoxy groups -OCH3 is 1. The fourth-order valence-electron chi connectivity index (χ4n) is 3.10. The number of hydrogen-bond acceptors (Lipinski definition) is 11. The molecule has 4 rings (SSSR count). The van der Waals surface area contributed by atoms with Gasteiger partial charge in [-0.15, -0.1) is 5.10 Å². The Morgan fingerprint density at radius 1 is 1.14 bits per heavy atom. The normalized spacial score (nSPS) is 10.9. The summed E-state index contributed by atoms with van der Waals surface area (Å²) in [5.74, 6) is -0.365. The van der Waals surface area contributed by atoms with Crippen LogP contribution in [0.1, 0.15) is 33.3 Å². The summed E-state index contributed by atoms with van der Waals surface area (Å²) in [6.45, 7) is 2.39. The van der Waals surface area contributed by atoms with E-state index in [4.69, 9.17) is 10.5 Å². The van der Waals surface area contributed by atoms with Gasteiger partial charge in [0.25, 0.3) is 5.91 Å². The van der Waals surface area contributed by atoms with E-state index >= 15 is 0 Å². The molecule has 0 saturated carbocycles. The maximum Gasteiger partial charge on any atom is 0.337 e. The van der Waals surface area contributed by atoms with E-state index in [1.165, 1.54) is 18.0 Å². The number of hydrogen-bond donors (Lipinski definition) is 2. The molecule has 2 aromatic heterocycles. The van der Waals surface area contributed by atoms with E-state index in [1.807, 2.05) is 6.92 Å². The van der Waals surface area contributed by atoms with E-state index in [9.17, 15) is 9.59 Å². The van der Waals surface area contributed by atoms with Crippen LogP contribution in [0.15, 0.2) is 58.3 Å². The lowest BCUT2D eigenvalue weighted by atomic mass is 10.1. The van der Waals surface area contributed by atoms with E-state index < -0.39 is 11.9 Å². The number of benzene rings is 2. The third-order valence-corrected chi connectivity index (χ3v) is 4.73. The monoisotopic (exact) mass is 476 g/mol. The fourth-order valence-corrected chi connectivity index (χ4v) is 3.10. The SMILES string of the molecule is CCOc1ccc(-c2c(C(=O)N/N=C/c3ccc(C(=O)OC)cc3)nnn2-c2nonc2N)cc1. The molecule has 0 atom stereocenters. The minimum absolute atomic E-state index is 0.0255. The number of esters is 1. The van der Waals surface area contributed by atoms with Crippen LogP contribution in [-0.2, 0) is 4.74 Å². The van der Waals surface area contributed by atoms with Gasteiger partial charge >= 0.3 is 5.97 Å². The highest BCUT2D eigenvalue weighted by atomic mass is 16.6. The summed E-state index contributed by atoms with van der Waals surface area (Å²) in [6, 6.07) is 13.5. The number of amides is 1. The number of hydrazone groups is 1. The van der Waals surface area contributed by atoms with Crippen molar-refractivity contribution in [3.63, 3.8) is 0 Å². The first-order valence-corrected chi connectivity index (χ1v) is 10.3. The van der Waals surface area contributed by atoms with Crippen molar-refractivity contribution < 1.29 is 23.7 Å². The van der Waals surface area contributed by atoms with Gasteiger partial charge in [0.2, 0.25) is 11.6 Å². The number of anilines is 1. The van der Waals surface area contributed by atoms with Gasteiger partial charge in [-0.05, 0) is 59.2 Å². The zero-order valence-corrected chi connectivity index (χ0v) is 18.7. The summed E-state index contributed by atoms with van der Waals surface area (Å²) in [5.41, 5.74) is 10.1. The third-order valence-electron chi connectivity index (χ3n) is 4.73. The van der Waals surface area contributed by atoms with Crippen LogP contribution in [0.25, 0.3) is 17.1 Å². The van der Waals surface area contributed by atoms with Crippen molar-refractivity contribution in [3.8, 4) is 22.8 Å². The van der Waals surface area contributed by atoms with Gasteiger partial charge in [-0.3, -0.25) is 4.79 Å². The minimum atomic E-state index is -0.627. The second kappa shape index (κ2) is 10.2. The lowest BCUT2D eigenvalue weighted by molar-refractivity contribution is 0.0600. The quantitative estimate of drug-likeness (QED) is 0.217. The molecule has 0 aliphatic carbocycles. The second-order valence-electron chi connectivity index (χ2n) is 6.94. The topological polar surface area (TPSA) is 173 Å². The Hall–Kier alpha value is -5.07. The molecule has 13 heteroatoms. The molecule has 0 radical (unpaired) electrons. The van der Waals surface area contributed by atoms with Gasteiger partial charge in [0.15, 0.2) is 5.69 Å². The molecule has 0 aliphatic rings. The predicted molar refractivity (Wildman–Crippen MR) is 123 cm³/mol. The number of nitrogens with zero attached hydrogens (tertiary/aromatic N) is 6. The van der Waals surface area contributed by atoms with Gasteiger partial charge in [0, 0.05) is 5.56 Å². The summed E-state index contributed by atoms with van der Waals surface area (Å²) in [4.78, 5) is 24.5.